The van der Waals surface area contributed by atoms with Crippen LogP contribution in [0.25, 0.3) is 0 Å². The van der Waals surface area contributed by atoms with Crippen molar-refractivity contribution < 1.29 is 17.9 Å². The normalized spacial score (nSPS) is 14.2. The lowest BCUT2D eigenvalue weighted by atomic mass is 10.0. The van der Waals surface area contributed by atoms with E-state index in [0.29, 0.717) is 29.6 Å². The van der Waals surface area contributed by atoms with Crippen LogP contribution in [0, 0.1) is 0 Å². The molecule has 0 spiro atoms. The molecule has 2 N–H and O–H groups in total. The summed E-state index contributed by atoms with van der Waals surface area (Å²) in [7, 11) is -3.24. The van der Waals surface area contributed by atoms with Gasteiger partial charge in [0.1, 0.15) is 12.1 Å². The Labute approximate surface area is 180 Å². The van der Waals surface area contributed by atoms with Gasteiger partial charge >= 0.3 is 0 Å². The average molecular weight is 439 g/mol. The Morgan fingerprint density at radius 2 is 1.84 bits per heavy atom. The van der Waals surface area contributed by atoms with Gasteiger partial charge in [-0.2, -0.15) is 4.98 Å². The molecule has 1 aliphatic rings. The number of anilines is 3. The van der Waals surface area contributed by atoms with Crippen LogP contribution in [0.1, 0.15) is 5.56 Å². The fourth-order valence-corrected chi connectivity index (χ4v) is 3.73. The third-order valence-electron chi connectivity index (χ3n) is 4.64. The van der Waals surface area contributed by atoms with E-state index < -0.39 is 9.84 Å². The van der Waals surface area contributed by atoms with Crippen LogP contribution in [0.2, 0.25) is 0 Å². The molecule has 160 valence electrons. The lowest BCUT2D eigenvalue weighted by molar-refractivity contribution is 0.0764. The van der Waals surface area contributed by atoms with E-state index >= 15 is 0 Å². The minimum absolute atomic E-state index is 0.165. The molecule has 9 heteroatoms. The Morgan fingerprint density at radius 3 is 2.52 bits per heavy atom. The molecule has 3 aromatic rings. The quantitative estimate of drug-likeness (QED) is 0.551. The van der Waals surface area contributed by atoms with Crippen LogP contribution >= 0.6 is 0 Å². The standard InChI is InChI=1S/C22H22N4O4S/c1-31(27,28)18-9-7-17(8-10-18)24-22-23-12-11-21(26-22)25-19(20-14-29-15-30-20)13-16-5-3-2-4-6-16/h2-12,14,19H,13,15H2,1H3,(H2,23,24,25,26). The molecule has 0 saturated heterocycles. The van der Waals surface area contributed by atoms with Gasteiger partial charge in [-0.1, -0.05) is 30.3 Å². The molecule has 0 bridgehead atoms. The van der Waals surface area contributed by atoms with Crippen LogP contribution in [0.15, 0.2) is 83.8 Å². The second-order valence-electron chi connectivity index (χ2n) is 7.02. The molecular formula is C22H22N4O4S. The van der Waals surface area contributed by atoms with Crippen LogP contribution in [0.5, 0.6) is 0 Å². The summed E-state index contributed by atoms with van der Waals surface area (Å²) >= 11 is 0. The Kier molecular flexibility index (Phi) is 6.03. The topological polar surface area (TPSA) is 102 Å². The van der Waals surface area contributed by atoms with E-state index in [0.717, 1.165) is 5.56 Å². The highest BCUT2D eigenvalue weighted by Crippen LogP contribution is 2.21. The molecule has 0 aliphatic carbocycles. The predicted octanol–water partition coefficient (Wildman–Crippen LogP) is 3.49. The summed E-state index contributed by atoms with van der Waals surface area (Å²) in [6.45, 7) is 0.197. The minimum Gasteiger partial charge on any atom is -0.462 e. The fraction of sp³-hybridized carbons (Fsp3) is 0.182. The SMILES string of the molecule is CS(=O)(=O)c1ccc(Nc2nccc(NC(Cc3ccccc3)C3=COCO3)n2)cc1. The van der Waals surface area contributed by atoms with E-state index in [1.165, 1.54) is 6.26 Å². The first kappa shape index (κ1) is 20.7. The lowest BCUT2D eigenvalue weighted by Gasteiger charge is -2.19. The second-order valence-corrected chi connectivity index (χ2v) is 9.04. The number of aromatic nitrogens is 2. The maximum Gasteiger partial charge on any atom is 0.229 e. The maximum absolute atomic E-state index is 11.6. The van der Waals surface area contributed by atoms with Gasteiger partial charge in [0, 0.05) is 18.1 Å². The molecule has 2 heterocycles. The zero-order valence-corrected chi connectivity index (χ0v) is 17.7. The second kappa shape index (κ2) is 9.05. The summed E-state index contributed by atoms with van der Waals surface area (Å²) in [5.41, 5.74) is 1.83. The summed E-state index contributed by atoms with van der Waals surface area (Å²) in [6.07, 6.45) is 5.12. The number of ether oxygens (including phenoxy) is 2. The third kappa shape index (κ3) is 5.52. The molecule has 0 radical (unpaired) electrons. The van der Waals surface area contributed by atoms with Crippen LogP contribution in [-0.2, 0) is 25.7 Å². The maximum atomic E-state index is 11.6. The number of benzene rings is 2. The lowest BCUT2D eigenvalue weighted by Crippen LogP contribution is -2.26. The summed E-state index contributed by atoms with van der Waals surface area (Å²) in [6, 6.07) is 18.1. The van der Waals surface area contributed by atoms with Crippen molar-refractivity contribution >= 4 is 27.3 Å². The van der Waals surface area contributed by atoms with Crippen molar-refractivity contribution in [1.29, 1.82) is 0 Å². The van der Waals surface area contributed by atoms with Gasteiger partial charge in [0.25, 0.3) is 0 Å². The fourth-order valence-electron chi connectivity index (χ4n) is 3.10. The number of sulfone groups is 1. The summed E-state index contributed by atoms with van der Waals surface area (Å²) in [5, 5.41) is 6.47. The summed E-state index contributed by atoms with van der Waals surface area (Å²) < 4.78 is 34.1. The van der Waals surface area contributed by atoms with E-state index in [1.54, 1.807) is 42.8 Å². The first-order chi connectivity index (χ1) is 15.0. The summed E-state index contributed by atoms with van der Waals surface area (Å²) in [4.78, 5) is 9.02. The molecule has 31 heavy (non-hydrogen) atoms. The van der Waals surface area contributed by atoms with Crippen LogP contribution in [0.3, 0.4) is 0 Å². The highest BCUT2D eigenvalue weighted by molar-refractivity contribution is 7.90. The van der Waals surface area contributed by atoms with Crippen molar-refractivity contribution in [3.05, 3.63) is 84.4 Å². The minimum atomic E-state index is -3.24. The van der Waals surface area contributed by atoms with Crippen LogP contribution in [0.4, 0.5) is 17.5 Å². The van der Waals surface area contributed by atoms with Gasteiger partial charge in [-0.15, -0.1) is 0 Å². The van der Waals surface area contributed by atoms with Crippen molar-refractivity contribution in [2.45, 2.75) is 17.4 Å². The van der Waals surface area contributed by atoms with E-state index in [1.807, 2.05) is 18.2 Å². The van der Waals surface area contributed by atoms with E-state index in [4.69, 9.17) is 9.47 Å². The van der Waals surface area contributed by atoms with Gasteiger partial charge in [0.15, 0.2) is 15.6 Å². The number of hydrogen-bond acceptors (Lipinski definition) is 8. The molecular weight excluding hydrogens is 416 g/mol. The Balaban J connectivity index is 1.49. The highest BCUT2D eigenvalue weighted by Gasteiger charge is 2.21. The van der Waals surface area contributed by atoms with Gasteiger partial charge in [0.2, 0.25) is 12.7 Å². The molecule has 1 aliphatic heterocycles. The average Bonchev–Trinajstić information content (AvgIpc) is 3.29. The van der Waals surface area contributed by atoms with Gasteiger partial charge in [0.05, 0.1) is 10.9 Å². The van der Waals surface area contributed by atoms with Crippen LogP contribution in [-0.4, -0.2) is 37.5 Å². The Hall–Kier alpha value is -3.59. The van der Waals surface area contributed by atoms with Gasteiger partial charge in [-0.25, -0.2) is 13.4 Å². The number of rotatable bonds is 8. The van der Waals surface area contributed by atoms with Crippen molar-refractivity contribution in [1.82, 2.24) is 9.97 Å². The van der Waals surface area contributed by atoms with E-state index in [2.05, 4.69) is 32.7 Å². The first-order valence-corrected chi connectivity index (χ1v) is 11.5. The number of nitrogens with zero attached hydrogens (tertiary/aromatic N) is 2. The van der Waals surface area contributed by atoms with E-state index in [9.17, 15) is 8.42 Å². The molecule has 0 amide bonds. The number of hydrogen-bond donors (Lipinski definition) is 2. The molecule has 1 unspecified atom stereocenters. The van der Waals surface area contributed by atoms with Gasteiger partial charge in [-0.05, 0) is 42.3 Å². The van der Waals surface area contributed by atoms with Gasteiger partial charge in [-0.3, -0.25) is 0 Å². The molecule has 1 aromatic heterocycles. The van der Waals surface area contributed by atoms with Crippen molar-refractivity contribution in [2.24, 2.45) is 0 Å². The highest BCUT2D eigenvalue weighted by atomic mass is 32.2. The third-order valence-corrected chi connectivity index (χ3v) is 5.76. The number of nitrogens with one attached hydrogen (secondary N) is 2. The zero-order valence-electron chi connectivity index (χ0n) is 16.9. The molecule has 8 nitrogen and oxygen atoms in total. The predicted molar refractivity (Wildman–Crippen MR) is 118 cm³/mol. The van der Waals surface area contributed by atoms with Gasteiger partial charge < -0.3 is 20.1 Å². The molecule has 1 atom stereocenters. The van der Waals surface area contributed by atoms with Crippen molar-refractivity contribution in [3.8, 4) is 0 Å². The molecule has 2 aromatic carbocycles. The Bertz CT molecular complexity index is 1170. The molecule has 0 fully saturated rings. The molecule has 4 rings (SSSR count). The van der Waals surface area contributed by atoms with E-state index in [-0.39, 0.29) is 17.7 Å². The van der Waals surface area contributed by atoms with Crippen molar-refractivity contribution in [3.63, 3.8) is 0 Å². The monoisotopic (exact) mass is 438 g/mol. The van der Waals surface area contributed by atoms with Crippen molar-refractivity contribution in [2.75, 3.05) is 23.7 Å². The smallest absolute Gasteiger partial charge is 0.229 e. The Morgan fingerprint density at radius 1 is 1.06 bits per heavy atom. The summed E-state index contributed by atoms with van der Waals surface area (Å²) in [5.74, 6) is 1.70. The first-order valence-electron chi connectivity index (χ1n) is 9.62. The zero-order chi connectivity index (χ0) is 21.7. The van der Waals surface area contributed by atoms with Crippen LogP contribution < -0.4 is 10.6 Å². The molecule has 0 saturated carbocycles. The largest absolute Gasteiger partial charge is 0.462 e.